The maximum absolute atomic E-state index is 12.7. The molecular formula is C13H25N3O2. The Kier molecular flexibility index (Phi) is 4.59. The second-order valence-electron chi connectivity index (χ2n) is 5.66. The van der Waals surface area contributed by atoms with E-state index in [9.17, 15) is 4.79 Å². The van der Waals surface area contributed by atoms with Crippen molar-refractivity contribution < 1.29 is 10.0 Å². The molecule has 18 heavy (non-hydrogen) atoms. The lowest BCUT2D eigenvalue weighted by Crippen LogP contribution is -2.54. The maximum atomic E-state index is 12.7. The van der Waals surface area contributed by atoms with E-state index in [2.05, 4.69) is 19.0 Å². The van der Waals surface area contributed by atoms with Gasteiger partial charge in [0.2, 0.25) is 5.91 Å². The molecule has 1 aliphatic rings. The van der Waals surface area contributed by atoms with Gasteiger partial charge in [0.05, 0.1) is 0 Å². The average molecular weight is 255 g/mol. The molecule has 1 rings (SSSR count). The van der Waals surface area contributed by atoms with Crippen LogP contribution in [0.1, 0.15) is 47.0 Å². The number of amides is 1. The van der Waals surface area contributed by atoms with E-state index in [1.165, 1.54) is 0 Å². The fourth-order valence-corrected chi connectivity index (χ4v) is 2.44. The monoisotopic (exact) mass is 255 g/mol. The van der Waals surface area contributed by atoms with Crippen molar-refractivity contribution >= 4 is 11.7 Å². The molecule has 3 atom stereocenters. The van der Waals surface area contributed by atoms with E-state index in [0.29, 0.717) is 12.3 Å². The topological polar surface area (TPSA) is 78.9 Å². The molecule has 0 aromatic heterocycles. The Morgan fingerprint density at radius 1 is 1.50 bits per heavy atom. The molecule has 1 saturated heterocycles. The Morgan fingerprint density at radius 3 is 2.61 bits per heavy atom. The van der Waals surface area contributed by atoms with Gasteiger partial charge in [-0.25, -0.2) is 0 Å². The molecule has 1 heterocycles. The molecule has 1 amide bonds. The summed E-state index contributed by atoms with van der Waals surface area (Å²) in [5.74, 6) is 0.485. The third-order valence-corrected chi connectivity index (χ3v) is 4.23. The number of oxime groups is 1. The lowest BCUT2D eigenvalue weighted by atomic mass is 9.82. The predicted molar refractivity (Wildman–Crippen MR) is 71.4 cm³/mol. The minimum atomic E-state index is -0.903. The van der Waals surface area contributed by atoms with Crippen LogP contribution in [-0.4, -0.2) is 34.4 Å². The first-order chi connectivity index (χ1) is 8.36. The lowest BCUT2D eigenvalue weighted by Gasteiger charge is -2.41. The van der Waals surface area contributed by atoms with Crippen LogP contribution >= 0.6 is 0 Å². The number of hydrogen-bond donors (Lipinski definition) is 2. The highest BCUT2D eigenvalue weighted by Gasteiger charge is 2.42. The van der Waals surface area contributed by atoms with E-state index in [-0.39, 0.29) is 17.8 Å². The summed E-state index contributed by atoms with van der Waals surface area (Å²) in [6.45, 7) is 8.60. The number of likely N-dealkylation sites (tertiary alicyclic amines) is 1. The van der Waals surface area contributed by atoms with Crippen molar-refractivity contribution in [2.45, 2.75) is 53.0 Å². The molecular weight excluding hydrogens is 230 g/mol. The fraction of sp³-hybridized carbons (Fsp3) is 0.846. The molecule has 5 nitrogen and oxygen atoms in total. The molecule has 0 bridgehead atoms. The number of piperidine rings is 1. The van der Waals surface area contributed by atoms with Gasteiger partial charge in [-0.2, -0.15) is 0 Å². The van der Waals surface area contributed by atoms with Gasteiger partial charge in [0.25, 0.3) is 0 Å². The number of nitrogens with two attached hydrogens (primary N) is 1. The number of hydrogen-bond acceptors (Lipinski definition) is 3. The SMILES string of the molecule is CCC(C)(C(=O)N1CC(C)CCC1C)C(N)=NO. The molecule has 1 fully saturated rings. The fourth-order valence-electron chi connectivity index (χ4n) is 2.44. The van der Waals surface area contributed by atoms with E-state index in [1.54, 1.807) is 6.92 Å². The van der Waals surface area contributed by atoms with Crippen LogP contribution in [0.15, 0.2) is 5.16 Å². The number of amidine groups is 1. The van der Waals surface area contributed by atoms with Gasteiger partial charge >= 0.3 is 0 Å². The third-order valence-electron chi connectivity index (χ3n) is 4.23. The zero-order chi connectivity index (χ0) is 13.9. The van der Waals surface area contributed by atoms with E-state index in [0.717, 1.165) is 19.4 Å². The second-order valence-corrected chi connectivity index (χ2v) is 5.66. The zero-order valence-electron chi connectivity index (χ0n) is 11.8. The van der Waals surface area contributed by atoms with Crippen molar-refractivity contribution in [2.24, 2.45) is 22.2 Å². The summed E-state index contributed by atoms with van der Waals surface area (Å²) in [5, 5.41) is 11.9. The van der Waals surface area contributed by atoms with Gasteiger partial charge in [0, 0.05) is 12.6 Å². The molecule has 3 unspecified atom stereocenters. The van der Waals surface area contributed by atoms with Crippen molar-refractivity contribution in [1.29, 1.82) is 0 Å². The third kappa shape index (κ3) is 2.60. The van der Waals surface area contributed by atoms with Gasteiger partial charge < -0.3 is 15.8 Å². The largest absolute Gasteiger partial charge is 0.409 e. The van der Waals surface area contributed by atoms with Gasteiger partial charge in [0.1, 0.15) is 5.41 Å². The first-order valence-corrected chi connectivity index (χ1v) is 6.65. The van der Waals surface area contributed by atoms with E-state index < -0.39 is 5.41 Å². The highest BCUT2D eigenvalue weighted by atomic mass is 16.4. The van der Waals surface area contributed by atoms with Gasteiger partial charge in [-0.05, 0) is 39.0 Å². The van der Waals surface area contributed by atoms with Crippen LogP contribution in [-0.2, 0) is 4.79 Å². The average Bonchev–Trinajstić information content (AvgIpc) is 2.38. The van der Waals surface area contributed by atoms with Crippen molar-refractivity contribution in [2.75, 3.05) is 6.54 Å². The van der Waals surface area contributed by atoms with Gasteiger partial charge in [-0.3, -0.25) is 4.79 Å². The summed E-state index contributed by atoms with van der Waals surface area (Å²) in [6, 6.07) is 0.228. The summed E-state index contributed by atoms with van der Waals surface area (Å²) in [6.07, 6.45) is 2.69. The normalized spacial score (nSPS) is 28.9. The predicted octanol–water partition coefficient (Wildman–Crippen LogP) is 1.80. The minimum absolute atomic E-state index is 0.000395. The van der Waals surface area contributed by atoms with E-state index >= 15 is 0 Å². The molecule has 104 valence electrons. The number of rotatable bonds is 3. The van der Waals surface area contributed by atoms with E-state index in [1.807, 2.05) is 11.8 Å². The first kappa shape index (κ1) is 14.8. The van der Waals surface area contributed by atoms with Crippen LogP contribution in [0.4, 0.5) is 0 Å². The molecule has 3 N–H and O–H groups in total. The summed E-state index contributed by atoms with van der Waals surface area (Å²) >= 11 is 0. The van der Waals surface area contributed by atoms with Crippen LogP contribution in [0.25, 0.3) is 0 Å². The molecule has 5 heteroatoms. The molecule has 0 radical (unpaired) electrons. The molecule has 0 saturated carbocycles. The van der Waals surface area contributed by atoms with Crippen LogP contribution in [0, 0.1) is 11.3 Å². The summed E-state index contributed by atoms with van der Waals surface area (Å²) in [4.78, 5) is 14.5. The van der Waals surface area contributed by atoms with Crippen molar-refractivity contribution in [3.05, 3.63) is 0 Å². The Bertz CT molecular complexity index is 343. The Morgan fingerprint density at radius 2 is 2.11 bits per heavy atom. The standard InChI is InChI=1S/C13H25N3O2/c1-5-13(4,11(14)15-18)12(17)16-8-9(2)6-7-10(16)3/h9-10,18H,5-8H2,1-4H3,(H2,14,15). The van der Waals surface area contributed by atoms with Crippen LogP contribution in [0.5, 0.6) is 0 Å². The zero-order valence-corrected chi connectivity index (χ0v) is 11.8. The first-order valence-electron chi connectivity index (χ1n) is 6.65. The highest BCUT2D eigenvalue weighted by Crippen LogP contribution is 2.30. The molecule has 1 aliphatic heterocycles. The van der Waals surface area contributed by atoms with Crippen molar-refractivity contribution in [3.8, 4) is 0 Å². The van der Waals surface area contributed by atoms with Crippen molar-refractivity contribution in [3.63, 3.8) is 0 Å². The quantitative estimate of drug-likeness (QED) is 0.349. The van der Waals surface area contributed by atoms with E-state index in [4.69, 9.17) is 10.9 Å². The van der Waals surface area contributed by atoms with Gasteiger partial charge in [0.15, 0.2) is 5.84 Å². The smallest absolute Gasteiger partial charge is 0.236 e. The molecule has 0 aliphatic carbocycles. The second kappa shape index (κ2) is 5.59. The van der Waals surface area contributed by atoms with Crippen LogP contribution in [0.2, 0.25) is 0 Å². The van der Waals surface area contributed by atoms with Crippen LogP contribution in [0.3, 0.4) is 0 Å². The Hall–Kier alpha value is -1.26. The van der Waals surface area contributed by atoms with Crippen LogP contribution < -0.4 is 5.73 Å². The number of nitrogens with zero attached hydrogens (tertiary/aromatic N) is 2. The maximum Gasteiger partial charge on any atom is 0.236 e. The summed E-state index contributed by atoms with van der Waals surface area (Å²) < 4.78 is 0. The number of carbonyl (C=O) groups is 1. The van der Waals surface area contributed by atoms with Crippen molar-refractivity contribution in [1.82, 2.24) is 4.90 Å². The van der Waals surface area contributed by atoms with Gasteiger partial charge in [-0.15, -0.1) is 0 Å². The molecule has 0 spiro atoms. The number of carbonyl (C=O) groups excluding carboxylic acids is 1. The molecule has 0 aromatic carbocycles. The minimum Gasteiger partial charge on any atom is -0.409 e. The Balaban J connectivity index is 2.96. The Labute approximate surface area is 109 Å². The molecule has 0 aromatic rings. The summed E-state index contributed by atoms with van der Waals surface area (Å²) in [5.41, 5.74) is 4.80. The van der Waals surface area contributed by atoms with Gasteiger partial charge in [-0.1, -0.05) is 19.0 Å². The lowest BCUT2D eigenvalue weighted by molar-refractivity contribution is -0.142. The highest BCUT2D eigenvalue weighted by molar-refractivity contribution is 6.06. The summed E-state index contributed by atoms with van der Waals surface area (Å²) in [7, 11) is 0.